The van der Waals surface area contributed by atoms with Gasteiger partial charge in [0.1, 0.15) is 18.3 Å². The van der Waals surface area contributed by atoms with Crippen LogP contribution in [0.25, 0.3) is 0 Å². The van der Waals surface area contributed by atoms with Gasteiger partial charge < -0.3 is 30.1 Å². The Morgan fingerprint density at radius 3 is 2.25 bits per heavy atom. The molecule has 0 aliphatic carbocycles. The Kier molecular flexibility index (Phi) is 6.80. The van der Waals surface area contributed by atoms with Crippen molar-refractivity contribution in [3.63, 3.8) is 0 Å². The maximum Gasteiger partial charge on any atom is 0.294 e. The monoisotopic (exact) mass is 242 g/mol. The first-order valence-corrected chi connectivity index (χ1v) is 4.22. The zero-order valence-electron chi connectivity index (χ0n) is 8.17. The topological polar surface area (TPSA) is 169 Å². The van der Waals surface area contributed by atoms with E-state index in [0.717, 1.165) is 0 Å². The summed E-state index contributed by atoms with van der Waals surface area (Å²) in [6.07, 6.45) is -6.90. The molecule has 0 spiro atoms. The highest BCUT2D eigenvalue weighted by atomic mass is 17.0. The second-order valence-corrected chi connectivity index (χ2v) is 2.93. The second-order valence-electron chi connectivity index (χ2n) is 2.93. The van der Waals surface area contributed by atoms with Crippen LogP contribution < -0.4 is 5.90 Å². The van der Waals surface area contributed by atoms with Crippen LogP contribution in [-0.2, 0) is 9.68 Å². The number of hydrogen-bond donors (Lipinski definition) is 5. The van der Waals surface area contributed by atoms with Crippen LogP contribution >= 0.6 is 0 Å². The molecule has 0 aliphatic rings. The van der Waals surface area contributed by atoms with Gasteiger partial charge in [0, 0.05) is 0 Å². The lowest BCUT2D eigenvalue weighted by molar-refractivity contribution is -0.771. The molecule has 10 heteroatoms. The highest BCUT2D eigenvalue weighted by Crippen LogP contribution is 2.08. The molecule has 0 aromatic heterocycles. The van der Waals surface area contributed by atoms with Gasteiger partial charge in [-0.25, -0.2) is 5.90 Å². The fourth-order valence-electron chi connectivity index (χ4n) is 0.952. The summed E-state index contributed by atoms with van der Waals surface area (Å²) in [6.45, 7) is -1.40. The molecule has 0 amide bonds. The molecular formula is C6H14N2O8. The minimum atomic E-state index is -1.84. The second kappa shape index (κ2) is 7.27. The molecule has 0 heterocycles. The van der Waals surface area contributed by atoms with Crippen LogP contribution in [0.3, 0.4) is 0 Å². The van der Waals surface area contributed by atoms with Crippen LogP contribution in [0, 0.1) is 10.1 Å². The lowest BCUT2D eigenvalue weighted by Gasteiger charge is -2.26. The lowest BCUT2D eigenvalue weighted by Crippen LogP contribution is -2.49. The van der Waals surface area contributed by atoms with Crippen molar-refractivity contribution in [3.8, 4) is 0 Å². The molecule has 4 unspecified atom stereocenters. The molecule has 0 saturated carbocycles. The minimum Gasteiger partial charge on any atom is -0.394 e. The van der Waals surface area contributed by atoms with E-state index >= 15 is 0 Å². The molecule has 16 heavy (non-hydrogen) atoms. The fraction of sp³-hybridized carbons (Fsp3) is 1.00. The Morgan fingerprint density at radius 2 is 1.88 bits per heavy atom. The Bertz CT molecular complexity index is 215. The number of rotatable bonds is 8. The van der Waals surface area contributed by atoms with Crippen molar-refractivity contribution < 1.29 is 35.2 Å². The third-order valence-electron chi connectivity index (χ3n) is 1.79. The summed E-state index contributed by atoms with van der Waals surface area (Å²) in [5.41, 5.74) is 0. The fourth-order valence-corrected chi connectivity index (χ4v) is 0.952. The van der Waals surface area contributed by atoms with E-state index in [9.17, 15) is 20.3 Å². The summed E-state index contributed by atoms with van der Waals surface area (Å²) < 4.78 is 0. The molecule has 4 atom stereocenters. The van der Waals surface area contributed by atoms with Crippen molar-refractivity contribution in [3.05, 3.63) is 10.1 Å². The van der Waals surface area contributed by atoms with Crippen molar-refractivity contribution in [2.45, 2.75) is 24.4 Å². The summed E-state index contributed by atoms with van der Waals surface area (Å²) in [6, 6.07) is 0. The molecule has 6 N–H and O–H groups in total. The minimum absolute atomic E-state index is 0.572. The molecule has 0 bridgehead atoms. The van der Waals surface area contributed by atoms with Crippen molar-refractivity contribution >= 4 is 0 Å². The van der Waals surface area contributed by atoms with Gasteiger partial charge in [-0.3, -0.25) is 0 Å². The third kappa shape index (κ3) is 4.65. The SMILES string of the molecule is NOCC(O[N+](=O)[O-])C(O)C(O)C(O)CO. The van der Waals surface area contributed by atoms with E-state index in [1.165, 1.54) is 0 Å². The summed E-state index contributed by atoms with van der Waals surface area (Å²) >= 11 is 0. The summed E-state index contributed by atoms with van der Waals surface area (Å²) in [4.78, 5) is 18.1. The first-order chi connectivity index (χ1) is 7.43. The average molecular weight is 242 g/mol. The number of nitrogens with two attached hydrogens (primary N) is 1. The van der Waals surface area contributed by atoms with E-state index in [2.05, 4.69) is 15.6 Å². The van der Waals surface area contributed by atoms with E-state index in [1.54, 1.807) is 0 Å². The van der Waals surface area contributed by atoms with E-state index < -0.39 is 42.7 Å². The average Bonchev–Trinajstić information content (AvgIpc) is 2.24. The van der Waals surface area contributed by atoms with Crippen molar-refractivity contribution in [1.29, 1.82) is 0 Å². The molecule has 0 aromatic carbocycles. The van der Waals surface area contributed by atoms with Crippen LogP contribution in [-0.4, -0.2) is 63.1 Å². The smallest absolute Gasteiger partial charge is 0.294 e. The number of aliphatic hydroxyl groups is 4. The van der Waals surface area contributed by atoms with Crippen LogP contribution in [0.5, 0.6) is 0 Å². The van der Waals surface area contributed by atoms with Gasteiger partial charge in [-0.05, 0) is 0 Å². The zero-order chi connectivity index (χ0) is 12.7. The van der Waals surface area contributed by atoms with Crippen LogP contribution in [0.4, 0.5) is 0 Å². The van der Waals surface area contributed by atoms with E-state index in [4.69, 9.17) is 10.2 Å². The van der Waals surface area contributed by atoms with Crippen molar-refractivity contribution in [1.82, 2.24) is 0 Å². The van der Waals surface area contributed by atoms with Crippen molar-refractivity contribution in [2.75, 3.05) is 13.2 Å². The maximum atomic E-state index is 10.0. The van der Waals surface area contributed by atoms with Gasteiger partial charge in [0.25, 0.3) is 5.09 Å². The molecule has 0 saturated heterocycles. The zero-order valence-corrected chi connectivity index (χ0v) is 8.17. The first-order valence-electron chi connectivity index (χ1n) is 4.22. The van der Waals surface area contributed by atoms with E-state index in [1.807, 2.05) is 0 Å². The van der Waals surface area contributed by atoms with Gasteiger partial charge in [-0.1, -0.05) is 0 Å². The quantitative estimate of drug-likeness (QED) is 0.214. The molecule has 10 nitrogen and oxygen atoms in total. The molecule has 0 aliphatic heterocycles. The number of nitrogens with zero attached hydrogens (tertiary/aromatic N) is 1. The standard InChI is InChI=1S/C6H14N2O8/c7-15-2-4(16-8(13)14)6(12)5(11)3(10)1-9/h3-6,9-12H,1-2,7H2. The van der Waals surface area contributed by atoms with Gasteiger partial charge in [0.2, 0.25) is 0 Å². The summed E-state index contributed by atoms with van der Waals surface area (Å²) in [5.74, 6) is 4.64. The third-order valence-corrected chi connectivity index (χ3v) is 1.79. The molecule has 0 fully saturated rings. The Morgan fingerprint density at radius 1 is 1.31 bits per heavy atom. The predicted molar refractivity (Wildman–Crippen MR) is 47.1 cm³/mol. The Balaban J connectivity index is 4.45. The first kappa shape index (κ1) is 15.0. The molecule has 0 aromatic rings. The van der Waals surface area contributed by atoms with Crippen LogP contribution in [0.2, 0.25) is 0 Å². The van der Waals surface area contributed by atoms with Crippen LogP contribution in [0.15, 0.2) is 0 Å². The highest BCUT2D eigenvalue weighted by Gasteiger charge is 2.33. The number of aliphatic hydroxyl groups excluding tert-OH is 4. The molecular weight excluding hydrogens is 228 g/mol. The van der Waals surface area contributed by atoms with Gasteiger partial charge in [-0.2, -0.15) is 0 Å². The largest absolute Gasteiger partial charge is 0.394 e. The summed E-state index contributed by atoms with van der Waals surface area (Å²) in [7, 11) is 0. The normalized spacial score (nSPS) is 18.6. The van der Waals surface area contributed by atoms with Gasteiger partial charge in [0.05, 0.1) is 13.2 Å². The molecule has 0 rings (SSSR count). The molecule has 0 radical (unpaired) electrons. The summed E-state index contributed by atoms with van der Waals surface area (Å²) in [5, 5.41) is 44.9. The van der Waals surface area contributed by atoms with Gasteiger partial charge in [0.15, 0.2) is 6.10 Å². The molecule has 96 valence electrons. The maximum absolute atomic E-state index is 10.0. The highest BCUT2D eigenvalue weighted by molar-refractivity contribution is 4.80. The van der Waals surface area contributed by atoms with Crippen molar-refractivity contribution in [2.24, 2.45) is 5.90 Å². The Hall–Kier alpha value is -1.04. The van der Waals surface area contributed by atoms with Gasteiger partial charge >= 0.3 is 0 Å². The number of hydrogen-bond acceptors (Lipinski definition) is 9. The van der Waals surface area contributed by atoms with E-state index in [0.29, 0.717) is 0 Å². The van der Waals surface area contributed by atoms with E-state index in [-0.39, 0.29) is 0 Å². The Labute approximate surface area is 89.9 Å². The predicted octanol–water partition coefficient (Wildman–Crippen LogP) is -3.47. The lowest BCUT2D eigenvalue weighted by atomic mass is 10.0. The van der Waals surface area contributed by atoms with Gasteiger partial charge in [-0.15, -0.1) is 10.1 Å². The van der Waals surface area contributed by atoms with Crippen LogP contribution in [0.1, 0.15) is 0 Å².